The Balaban J connectivity index is 0.000000176. The van der Waals surface area contributed by atoms with E-state index in [4.69, 9.17) is 11.6 Å². The molecule has 0 aromatic heterocycles. The maximum absolute atomic E-state index is 12.0. The molecule has 7 heteroatoms. The highest BCUT2D eigenvalue weighted by molar-refractivity contribution is 8.01. The molecule has 31 heavy (non-hydrogen) atoms. The van der Waals surface area contributed by atoms with E-state index in [1.807, 2.05) is 49.1 Å². The molecule has 2 atom stereocenters. The summed E-state index contributed by atoms with van der Waals surface area (Å²) in [6, 6.07) is 13.9. The van der Waals surface area contributed by atoms with Crippen molar-refractivity contribution in [3.8, 4) is 0 Å². The van der Waals surface area contributed by atoms with Crippen LogP contribution in [0.15, 0.2) is 42.5 Å². The Morgan fingerprint density at radius 1 is 0.871 bits per heavy atom. The molecule has 2 aromatic rings. The lowest BCUT2D eigenvalue weighted by molar-refractivity contribution is -0.118. The van der Waals surface area contributed by atoms with Crippen molar-refractivity contribution in [2.24, 2.45) is 0 Å². The van der Waals surface area contributed by atoms with Crippen LogP contribution in [0.2, 0.25) is 5.02 Å². The summed E-state index contributed by atoms with van der Waals surface area (Å²) in [5.41, 5.74) is 4.20. The van der Waals surface area contributed by atoms with Crippen molar-refractivity contribution in [1.82, 2.24) is 0 Å². The van der Waals surface area contributed by atoms with Gasteiger partial charge in [0.2, 0.25) is 11.8 Å². The van der Waals surface area contributed by atoms with Crippen molar-refractivity contribution in [3.63, 3.8) is 0 Å². The van der Waals surface area contributed by atoms with Gasteiger partial charge < -0.3 is 9.80 Å². The minimum atomic E-state index is 0.0941. The summed E-state index contributed by atoms with van der Waals surface area (Å²) in [6.45, 7) is 8.16. The van der Waals surface area contributed by atoms with Crippen LogP contribution in [0.25, 0.3) is 0 Å². The third-order valence-electron chi connectivity index (χ3n) is 5.34. The first kappa shape index (κ1) is 24.0. The second-order valence-electron chi connectivity index (χ2n) is 7.71. The zero-order valence-electron chi connectivity index (χ0n) is 18.4. The fourth-order valence-corrected chi connectivity index (χ4v) is 5.98. The van der Waals surface area contributed by atoms with Crippen LogP contribution in [0, 0.1) is 13.8 Å². The van der Waals surface area contributed by atoms with Crippen LogP contribution in [0.3, 0.4) is 0 Å². The van der Waals surface area contributed by atoms with Crippen LogP contribution >= 0.6 is 35.1 Å². The van der Waals surface area contributed by atoms with E-state index in [1.54, 1.807) is 28.4 Å². The number of aryl methyl sites for hydroxylation is 2. The highest BCUT2D eigenvalue weighted by Gasteiger charge is 2.33. The second kappa shape index (κ2) is 10.8. The van der Waals surface area contributed by atoms with Gasteiger partial charge in [-0.15, -0.1) is 23.5 Å². The molecule has 0 radical (unpaired) electrons. The first-order valence-corrected chi connectivity index (χ1v) is 13.0. The van der Waals surface area contributed by atoms with E-state index in [0.29, 0.717) is 10.9 Å². The summed E-state index contributed by atoms with van der Waals surface area (Å²) in [6.07, 6.45) is 1.80. The molecule has 0 saturated carbocycles. The number of benzene rings is 2. The number of halogens is 1. The summed E-state index contributed by atoms with van der Waals surface area (Å²) in [5.74, 6) is 1.94. The smallest absolute Gasteiger partial charge is 0.240 e. The lowest BCUT2D eigenvalue weighted by Gasteiger charge is -2.17. The monoisotopic (exact) mass is 476 g/mol. The summed E-state index contributed by atoms with van der Waals surface area (Å²) < 4.78 is 0. The Kier molecular flexibility index (Phi) is 8.36. The molecule has 4 nitrogen and oxygen atoms in total. The topological polar surface area (TPSA) is 40.6 Å². The van der Waals surface area contributed by atoms with Gasteiger partial charge in [-0.1, -0.05) is 43.6 Å². The minimum absolute atomic E-state index is 0.0941. The summed E-state index contributed by atoms with van der Waals surface area (Å²) in [5, 5.41) is 0.901. The molecule has 2 aliphatic rings. The largest absolute Gasteiger partial charge is 0.302 e. The molecule has 2 saturated heterocycles. The zero-order valence-corrected chi connectivity index (χ0v) is 20.8. The van der Waals surface area contributed by atoms with Gasteiger partial charge in [0.25, 0.3) is 0 Å². The van der Waals surface area contributed by atoms with Crippen LogP contribution in [0.5, 0.6) is 0 Å². The van der Waals surface area contributed by atoms with E-state index in [2.05, 4.69) is 26.0 Å². The first-order valence-electron chi connectivity index (χ1n) is 10.5. The summed E-state index contributed by atoms with van der Waals surface area (Å²) >= 11 is 9.55. The standard InChI is InChI=1S/C12H14ClNOS.C12H15NOS/c1-3-11-12(15)14(7-16-11)10-6-8(2)4-5-9(10)13;1-3-11-12(14)13(8-15-11)10-6-4-5-9(2)7-10/h4-6,11H,3,7H2,1-2H3;4-7,11H,3,8H2,1-2H3. The van der Waals surface area contributed by atoms with Crippen molar-refractivity contribution in [2.75, 3.05) is 21.6 Å². The van der Waals surface area contributed by atoms with Gasteiger partial charge in [-0.25, -0.2) is 0 Å². The number of carbonyl (C=O) groups excluding carboxylic acids is 2. The molecule has 0 spiro atoms. The number of rotatable bonds is 4. The maximum atomic E-state index is 12.0. The molecule has 0 N–H and O–H groups in total. The predicted molar refractivity (Wildman–Crippen MR) is 135 cm³/mol. The Bertz CT molecular complexity index is 953. The Labute approximate surface area is 198 Å². The minimum Gasteiger partial charge on any atom is -0.302 e. The summed E-state index contributed by atoms with van der Waals surface area (Å²) in [4.78, 5) is 27.7. The third kappa shape index (κ3) is 5.60. The number of anilines is 2. The Hall–Kier alpha value is -1.63. The van der Waals surface area contributed by atoms with Crippen molar-refractivity contribution in [1.29, 1.82) is 0 Å². The molecular formula is C24H29ClN2O2S2. The third-order valence-corrected chi connectivity index (χ3v) is 8.35. The fraction of sp³-hybridized carbons (Fsp3) is 0.417. The van der Waals surface area contributed by atoms with E-state index in [1.165, 1.54) is 5.56 Å². The number of nitrogens with zero attached hydrogens (tertiary/aromatic N) is 2. The predicted octanol–water partition coefficient (Wildman–Crippen LogP) is 6.28. The average Bonchev–Trinajstić information content (AvgIpc) is 3.32. The zero-order chi connectivity index (χ0) is 22.5. The lowest BCUT2D eigenvalue weighted by atomic mass is 10.2. The van der Waals surface area contributed by atoms with Crippen LogP contribution in [0.4, 0.5) is 11.4 Å². The molecule has 2 aromatic carbocycles. The van der Waals surface area contributed by atoms with Crippen LogP contribution in [0.1, 0.15) is 37.8 Å². The molecule has 2 amide bonds. The molecule has 0 aliphatic carbocycles. The SMILES string of the molecule is CCC1SCN(c2cc(C)ccc2Cl)C1=O.CCC1SCN(c2cccc(C)c2)C1=O. The van der Waals surface area contributed by atoms with Gasteiger partial charge in [-0.2, -0.15) is 0 Å². The molecule has 2 unspecified atom stereocenters. The van der Waals surface area contributed by atoms with Gasteiger partial charge in [0.1, 0.15) is 0 Å². The van der Waals surface area contributed by atoms with Gasteiger partial charge in [-0.05, 0) is 62.1 Å². The normalized spacial score (nSPS) is 20.8. The molecule has 2 aliphatic heterocycles. The Morgan fingerprint density at radius 2 is 1.45 bits per heavy atom. The highest BCUT2D eigenvalue weighted by Crippen LogP contribution is 2.35. The number of hydrogen-bond acceptors (Lipinski definition) is 4. The lowest BCUT2D eigenvalue weighted by Crippen LogP contribution is -2.29. The van der Waals surface area contributed by atoms with E-state index in [-0.39, 0.29) is 22.3 Å². The fourth-order valence-electron chi connectivity index (χ4n) is 3.55. The average molecular weight is 477 g/mol. The molecule has 0 bridgehead atoms. The molecule has 2 heterocycles. The van der Waals surface area contributed by atoms with Gasteiger partial charge in [-0.3, -0.25) is 9.59 Å². The molecule has 2 fully saturated rings. The van der Waals surface area contributed by atoms with Gasteiger partial charge >= 0.3 is 0 Å². The van der Waals surface area contributed by atoms with Crippen LogP contribution < -0.4 is 9.80 Å². The van der Waals surface area contributed by atoms with E-state index in [9.17, 15) is 9.59 Å². The number of carbonyl (C=O) groups is 2. The number of hydrogen-bond donors (Lipinski definition) is 0. The van der Waals surface area contributed by atoms with Crippen molar-refractivity contribution in [2.45, 2.75) is 51.0 Å². The molecular weight excluding hydrogens is 448 g/mol. The van der Waals surface area contributed by atoms with Crippen molar-refractivity contribution >= 4 is 58.3 Å². The molecule has 166 valence electrons. The molecule has 4 rings (SSSR count). The second-order valence-corrected chi connectivity index (χ2v) is 10.4. The van der Waals surface area contributed by atoms with E-state index in [0.717, 1.165) is 35.7 Å². The maximum Gasteiger partial charge on any atom is 0.240 e. The van der Waals surface area contributed by atoms with Crippen molar-refractivity contribution in [3.05, 3.63) is 58.6 Å². The van der Waals surface area contributed by atoms with E-state index < -0.39 is 0 Å². The summed E-state index contributed by atoms with van der Waals surface area (Å²) in [7, 11) is 0. The van der Waals surface area contributed by atoms with Gasteiger partial charge in [0.15, 0.2) is 0 Å². The number of thioether (sulfide) groups is 2. The Morgan fingerprint density at radius 3 is 2.03 bits per heavy atom. The van der Waals surface area contributed by atoms with Crippen LogP contribution in [-0.4, -0.2) is 34.1 Å². The van der Waals surface area contributed by atoms with Gasteiger partial charge in [0, 0.05) is 5.69 Å². The van der Waals surface area contributed by atoms with Gasteiger partial charge in [0.05, 0.1) is 33.0 Å². The van der Waals surface area contributed by atoms with Crippen LogP contribution in [-0.2, 0) is 9.59 Å². The first-order chi connectivity index (χ1) is 14.8. The van der Waals surface area contributed by atoms with E-state index >= 15 is 0 Å². The van der Waals surface area contributed by atoms with Crippen molar-refractivity contribution < 1.29 is 9.59 Å². The number of amides is 2. The highest BCUT2D eigenvalue weighted by atomic mass is 35.5. The quantitative estimate of drug-likeness (QED) is 0.521.